The van der Waals surface area contributed by atoms with Gasteiger partial charge in [0.2, 0.25) is 0 Å². The largest absolute Gasteiger partial charge is 0.405 e. The molecule has 2 atom stereocenters. The molecule has 16 heavy (non-hydrogen) atoms. The highest BCUT2D eigenvalue weighted by atomic mass is 32.1. The smallest absolute Gasteiger partial charge is 0.308 e. The van der Waals surface area contributed by atoms with Gasteiger partial charge in [-0.05, 0) is 18.4 Å². The van der Waals surface area contributed by atoms with E-state index in [1.54, 1.807) is 6.92 Å². The van der Waals surface area contributed by atoms with Gasteiger partial charge < -0.3 is 5.32 Å². The molecule has 0 bridgehead atoms. The molecule has 1 heterocycles. The Balaban J connectivity index is 2.48. The van der Waals surface area contributed by atoms with Crippen molar-refractivity contribution in [3.63, 3.8) is 0 Å². The minimum absolute atomic E-state index is 0.168. The summed E-state index contributed by atoms with van der Waals surface area (Å²) in [6, 6.07) is 4.77. The number of rotatable bonds is 4. The number of alkyl halides is 3. The van der Waals surface area contributed by atoms with Crippen LogP contribution in [0.2, 0.25) is 0 Å². The third kappa shape index (κ3) is 3.51. The van der Waals surface area contributed by atoms with Gasteiger partial charge in [-0.15, -0.1) is 11.3 Å². The van der Waals surface area contributed by atoms with Crippen molar-refractivity contribution in [1.82, 2.24) is 5.32 Å². The Hall–Kier alpha value is -1.06. The molecule has 1 unspecified atom stereocenters. The van der Waals surface area contributed by atoms with E-state index in [1.165, 1.54) is 17.4 Å². The first-order valence-electron chi connectivity index (χ1n) is 4.68. The molecule has 0 aromatic carbocycles. The average molecular weight is 248 g/mol. The highest BCUT2D eigenvalue weighted by Crippen LogP contribution is 2.26. The van der Waals surface area contributed by atoms with Crippen LogP contribution in [0.4, 0.5) is 13.2 Å². The summed E-state index contributed by atoms with van der Waals surface area (Å²) >= 11 is 1.47. The number of hydrogen-bond donors (Lipinski definition) is 1. The van der Waals surface area contributed by atoms with Crippen molar-refractivity contribution in [3.05, 3.63) is 22.4 Å². The van der Waals surface area contributed by atoms with Gasteiger partial charge in [0, 0.05) is 17.5 Å². The van der Waals surface area contributed by atoms with Gasteiger partial charge >= 0.3 is 6.18 Å². The molecule has 0 amide bonds. The van der Waals surface area contributed by atoms with E-state index in [4.69, 9.17) is 5.26 Å². The Morgan fingerprint density at radius 1 is 1.56 bits per heavy atom. The van der Waals surface area contributed by atoms with E-state index in [0.717, 1.165) is 4.88 Å². The minimum atomic E-state index is -4.46. The summed E-state index contributed by atoms with van der Waals surface area (Å²) in [4.78, 5) is 0.957. The third-order valence-corrected chi connectivity index (χ3v) is 3.20. The number of nitriles is 1. The molecule has 0 radical (unpaired) electrons. The van der Waals surface area contributed by atoms with E-state index < -0.39 is 12.1 Å². The lowest BCUT2D eigenvalue weighted by Crippen LogP contribution is -2.33. The normalized spacial score (nSPS) is 15.4. The van der Waals surface area contributed by atoms with Gasteiger partial charge in [-0.1, -0.05) is 6.07 Å². The summed E-state index contributed by atoms with van der Waals surface area (Å²) in [5, 5.41) is 13.0. The van der Waals surface area contributed by atoms with Gasteiger partial charge in [0.25, 0.3) is 0 Å². The lowest BCUT2D eigenvalue weighted by Gasteiger charge is -2.17. The van der Waals surface area contributed by atoms with E-state index in [1.807, 2.05) is 17.5 Å². The Labute approximate surface area is 95.7 Å². The van der Waals surface area contributed by atoms with E-state index in [9.17, 15) is 13.2 Å². The van der Waals surface area contributed by atoms with Gasteiger partial charge in [-0.3, -0.25) is 0 Å². The van der Waals surface area contributed by atoms with Gasteiger partial charge in [0.05, 0.1) is 6.07 Å². The van der Waals surface area contributed by atoms with Gasteiger partial charge in [-0.2, -0.15) is 18.4 Å². The summed E-state index contributed by atoms with van der Waals surface area (Å²) in [6.45, 7) is 1.40. The fourth-order valence-corrected chi connectivity index (χ4v) is 1.93. The van der Waals surface area contributed by atoms with Crippen LogP contribution in [0.15, 0.2) is 17.5 Å². The van der Waals surface area contributed by atoms with Crippen LogP contribution in [0.3, 0.4) is 0 Å². The molecular formula is C10H11F3N2S. The maximum absolute atomic E-state index is 12.3. The number of halogens is 3. The molecule has 0 saturated carbocycles. The van der Waals surface area contributed by atoms with Crippen LogP contribution in [0.5, 0.6) is 0 Å². The maximum atomic E-state index is 12.3. The molecule has 1 N–H and O–H groups in total. The van der Waals surface area contributed by atoms with E-state index >= 15 is 0 Å². The van der Waals surface area contributed by atoms with Crippen molar-refractivity contribution in [2.45, 2.75) is 19.1 Å². The van der Waals surface area contributed by atoms with Crippen molar-refractivity contribution in [1.29, 1.82) is 5.26 Å². The van der Waals surface area contributed by atoms with Crippen molar-refractivity contribution in [2.75, 3.05) is 6.54 Å². The van der Waals surface area contributed by atoms with E-state index in [2.05, 4.69) is 5.32 Å². The molecule has 0 aliphatic rings. The van der Waals surface area contributed by atoms with Crippen LogP contribution in [0, 0.1) is 17.2 Å². The fraction of sp³-hybridized carbons (Fsp3) is 0.500. The van der Waals surface area contributed by atoms with Crippen molar-refractivity contribution in [3.8, 4) is 6.07 Å². The SMILES string of the molecule is C[C@H](NCC(C#N)C(F)(F)F)c1cccs1. The standard InChI is InChI=1S/C10H11F3N2S/c1-7(9-3-2-4-16-9)15-6-8(5-14)10(11,12)13/h2-4,7-8,15H,6H2,1H3/t7-,8?/m0/s1. The Morgan fingerprint density at radius 2 is 2.25 bits per heavy atom. The summed E-state index contributed by atoms with van der Waals surface area (Å²) in [7, 11) is 0. The van der Waals surface area contributed by atoms with Crippen LogP contribution in [-0.2, 0) is 0 Å². The summed E-state index contributed by atoms with van der Waals surface area (Å²) in [5.74, 6) is -1.95. The lowest BCUT2D eigenvalue weighted by molar-refractivity contribution is -0.157. The Morgan fingerprint density at radius 3 is 2.69 bits per heavy atom. The molecule has 0 aliphatic carbocycles. The molecule has 1 aromatic heterocycles. The average Bonchev–Trinajstić information content (AvgIpc) is 2.68. The highest BCUT2D eigenvalue weighted by Gasteiger charge is 2.39. The van der Waals surface area contributed by atoms with Crippen molar-refractivity contribution >= 4 is 11.3 Å². The first-order chi connectivity index (χ1) is 7.45. The lowest BCUT2D eigenvalue weighted by atomic mass is 10.1. The van der Waals surface area contributed by atoms with Crippen molar-refractivity contribution < 1.29 is 13.2 Å². The molecule has 0 saturated heterocycles. The molecular weight excluding hydrogens is 237 g/mol. The zero-order valence-corrected chi connectivity index (χ0v) is 9.40. The van der Waals surface area contributed by atoms with Gasteiger partial charge in [-0.25, -0.2) is 0 Å². The number of nitrogens with one attached hydrogen (secondary N) is 1. The molecule has 1 rings (SSSR count). The van der Waals surface area contributed by atoms with E-state index in [0.29, 0.717) is 0 Å². The fourth-order valence-electron chi connectivity index (χ4n) is 1.17. The molecule has 0 fully saturated rings. The second kappa shape index (κ2) is 5.32. The number of nitrogens with zero attached hydrogens (tertiary/aromatic N) is 1. The van der Waals surface area contributed by atoms with Crippen LogP contribution in [0.1, 0.15) is 17.8 Å². The number of hydrogen-bond acceptors (Lipinski definition) is 3. The predicted octanol–water partition coefficient (Wildman–Crippen LogP) is 3.10. The maximum Gasteiger partial charge on any atom is 0.405 e. The molecule has 88 valence electrons. The molecule has 6 heteroatoms. The first-order valence-corrected chi connectivity index (χ1v) is 5.56. The van der Waals surface area contributed by atoms with Crippen LogP contribution in [0.25, 0.3) is 0 Å². The summed E-state index contributed by atoms with van der Waals surface area (Å²) < 4.78 is 36.8. The molecule has 0 spiro atoms. The van der Waals surface area contributed by atoms with E-state index in [-0.39, 0.29) is 12.6 Å². The van der Waals surface area contributed by atoms with Crippen molar-refractivity contribution in [2.24, 2.45) is 5.92 Å². The first kappa shape index (κ1) is 13.0. The quantitative estimate of drug-likeness (QED) is 0.888. The monoisotopic (exact) mass is 248 g/mol. The third-order valence-electron chi connectivity index (χ3n) is 2.15. The second-order valence-corrected chi connectivity index (χ2v) is 4.35. The predicted molar refractivity (Wildman–Crippen MR) is 55.9 cm³/mol. The molecule has 1 aromatic rings. The topological polar surface area (TPSA) is 35.8 Å². The minimum Gasteiger partial charge on any atom is -0.308 e. The summed E-state index contributed by atoms with van der Waals surface area (Å²) in [6.07, 6.45) is -4.46. The van der Waals surface area contributed by atoms with Gasteiger partial charge in [0.1, 0.15) is 0 Å². The highest BCUT2D eigenvalue weighted by molar-refractivity contribution is 7.10. The second-order valence-electron chi connectivity index (χ2n) is 3.37. The van der Waals surface area contributed by atoms with Gasteiger partial charge in [0.15, 0.2) is 5.92 Å². The van der Waals surface area contributed by atoms with Crippen LogP contribution >= 0.6 is 11.3 Å². The Bertz CT molecular complexity index is 353. The zero-order valence-electron chi connectivity index (χ0n) is 8.58. The number of thiophene rings is 1. The van der Waals surface area contributed by atoms with Crippen LogP contribution in [-0.4, -0.2) is 12.7 Å². The summed E-state index contributed by atoms with van der Waals surface area (Å²) in [5.41, 5.74) is 0. The molecule has 2 nitrogen and oxygen atoms in total. The van der Waals surface area contributed by atoms with Crippen LogP contribution < -0.4 is 5.32 Å². The Kier molecular flexibility index (Phi) is 4.33. The molecule has 0 aliphatic heterocycles. The zero-order chi connectivity index (χ0) is 12.2.